The van der Waals surface area contributed by atoms with Crippen LogP contribution in [0.1, 0.15) is 0 Å². The van der Waals surface area contributed by atoms with E-state index >= 15 is 0 Å². The maximum absolute atomic E-state index is 6.19. The molecule has 7 heteroatoms. The summed E-state index contributed by atoms with van der Waals surface area (Å²) < 4.78 is 11.5. The molecule has 25 heavy (non-hydrogen) atoms. The number of benzene rings is 3. The fraction of sp³-hybridized carbons (Fsp3) is 0. The first-order valence-corrected chi connectivity index (χ1v) is 8.30. The Morgan fingerprint density at radius 2 is 1.16 bits per heavy atom. The van der Waals surface area contributed by atoms with Crippen molar-refractivity contribution in [2.24, 2.45) is 0 Å². The third kappa shape index (κ3) is 4.63. The second-order valence-electron chi connectivity index (χ2n) is 5.24. The van der Waals surface area contributed by atoms with Crippen molar-refractivity contribution >= 4 is 46.2 Å². The summed E-state index contributed by atoms with van der Waals surface area (Å²) in [5, 5.41) is 1.36. The summed E-state index contributed by atoms with van der Waals surface area (Å²) in [5.41, 5.74) is 12.5. The number of anilines is 2. The van der Waals surface area contributed by atoms with Gasteiger partial charge in [-0.15, -0.1) is 0 Å². The van der Waals surface area contributed by atoms with Crippen molar-refractivity contribution in [3.8, 4) is 23.0 Å². The van der Waals surface area contributed by atoms with Crippen molar-refractivity contribution in [1.29, 1.82) is 0 Å². The van der Waals surface area contributed by atoms with Gasteiger partial charge in [0.25, 0.3) is 0 Å². The summed E-state index contributed by atoms with van der Waals surface area (Å²) in [7, 11) is 0. The number of nitrogen functional groups attached to an aromatic ring is 2. The van der Waals surface area contributed by atoms with Crippen molar-refractivity contribution < 1.29 is 9.47 Å². The van der Waals surface area contributed by atoms with Crippen molar-refractivity contribution in [2.75, 3.05) is 11.5 Å². The second-order valence-corrected chi connectivity index (χ2v) is 6.52. The van der Waals surface area contributed by atoms with Gasteiger partial charge in [0.1, 0.15) is 23.0 Å². The van der Waals surface area contributed by atoms with Crippen LogP contribution < -0.4 is 20.9 Å². The molecule has 0 aliphatic carbocycles. The van der Waals surface area contributed by atoms with E-state index in [1.165, 1.54) is 0 Å². The van der Waals surface area contributed by atoms with Crippen LogP contribution in [0.25, 0.3) is 0 Å². The van der Waals surface area contributed by atoms with Gasteiger partial charge in [-0.1, -0.05) is 34.8 Å². The molecule has 0 aliphatic rings. The van der Waals surface area contributed by atoms with E-state index in [1.807, 2.05) is 0 Å². The van der Waals surface area contributed by atoms with Gasteiger partial charge in [-0.2, -0.15) is 0 Å². The summed E-state index contributed by atoms with van der Waals surface area (Å²) >= 11 is 18.2. The lowest BCUT2D eigenvalue weighted by Crippen LogP contribution is -1.91. The molecule has 0 heterocycles. The van der Waals surface area contributed by atoms with Crippen LogP contribution in [0.2, 0.25) is 15.1 Å². The highest BCUT2D eigenvalue weighted by Gasteiger charge is 2.09. The molecule has 4 N–H and O–H groups in total. The molecule has 0 radical (unpaired) electrons. The van der Waals surface area contributed by atoms with E-state index < -0.39 is 0 Å². The van der Waals surface area contributed by atoms with Crippen LogP contribution >= 0.6 is 34.8 Å². The molecule has 128 valence electrons. The van der Waals surface area contributed by atoms with E-state index in [9.17, 15) is 0 Å². The monoisotopic (exact) mass is 394 g/mol. The van der Waals surface area contributed by atoms with E-state index in [0.717, 1.165) is 0 Å². The number of halogens is 3. The lowest BCUT2D eigenvalue weighted by Gasteiger charge is -2.12. The molecule has 0 bridgehead atoms. The van der Waals surface area contributed by atoms with Crippen LogP contribution in [-0.2, 0) is 0 Å². The standard InChI is InChI=1S/C18H13Cl3N2O2/c19-10-3-12(22)7-15(5-10)24-14-1-2-17(21)18(9-14)25-16-6-11(20)4-13(23)8-16/h1-9H,22-23H2. The zero-order chi connectivity index (χ0) is 18.0. The Kier molecular flexibility index (Phi) is 5.13. The molecule has 3 rings (SSSR count). The summed E-state index contributed by atoms with van der Waals surface area (Å²) in [5.74, 6) is 1.88. The molecule has 3 aromatic carbocycles. The molecular weight excluding hydrogens is 383 g/mol. The van der Waals surface area contributed by atoms with Gasteiger partial charge in [0, 0.05) is 39.6 Å². The first-order valence-electron chi connectivity index (χ1n) is 7.16. The van der Waals surface area contributed by atoms with E-state index in [4.69, 9.17) is 55.7 Å². The fourth-order valence-electron chi connectivity index (χ4n) is 2.18. The first kappa shape index (κ1) is 17.5. The van der Waals surface area contributed by atoms with Crippen LogP contribution in [0.4, 0.5) is 11.4 Å². The first-order chi connectivity index (χ1) is 11.9. The Balaban J connectivity index is 1.87. The van der Waals surface area contributed by atoms with Crippen molar-refractivity contribution in [1.82, 2.24) is 0 Å². The molecule has 0 saturated carbocycles. The van der Waals surface area contributed by atoms with Gasteiger partial charge in [-0.3, -0.25) is 0 Å². The SMILES string of the molecule is Nc1cc(Cl)cc(Oc2ccc(Cl)c(Oc3cc(N)cc(Cl)c3)c2)c1. The lowest BCUT2D eigenvalue weighted by atomic mass is 10.3. The number of hydrogen-bond donors (Lipinski definition) is 2. The molecule has 0 aliphatic heterocycles. The average molecular weight is 396 g/mol. The Morgan fingerprint density at radius 3 is 1.72 bits per heavy atom. The minimum atomic E-state index is 0.399. The highest BCUT2D eigenvalue weighted by atomic mass is 35.5. The highest BCUT2D eigenvalue weighted by Crippen LogP contribution is 2.36. The Morgan fingerprint density at radius 1 is 0.600 bits per heavy atom. The van der Waals surface area contributed by atoms with E-state index in [1.54, 1.807) is 54.6 Å². The molecule has 0 unspecified atom stereocenters. The zero-order valence-electron chi connectivity index (χ0n) is 12.8. The molecule has 0 saturated heterocycles. The Labute approximate surface area is 159 Å². The second kappa shape index (κ2) is 7.31. The molecule has 0 aromatic heterocycles. The van der Waals surface area contributed by atoms with E-state index in [-0.39, 0.29) is 0 Å². The van der Waals surface area contributed by atoms with Crippen molar-refractivity contribution in [3.05, 3.63) is 69.7 Å². The molecule has 0 amide bonds. The number of nitrogens with two attached hydrogens (primary N) is 2. The number of ether oxygens (including phenoxy) is 2. The third-order valence-corrected chi connectivity index (χ3v) is 3.90. The molecule has 0 fully saturated rings. The van der Waals surface area contributed by atoms with Crippen LogP contribution in [0.5, 0.6) is 23.0 Å². The lowest BCUT2D eigenvalue weighted by molar-refractivity contribution is 0.461. The fourth-order valence-corrected chi connectivity index (χ4v) is 2.80. The van der Waals surface area contributed by atoms with Crippen molar-refractivity contribution in [3.63, 3.8) is 0 Å². The maximum atomic E-state index is 6.19. The Hall–Kier alpha value is -2.27. The van der Waals surface area contributed by atoms with Gasteiger partial charge in [-0.05, 0) is 36.4 Å². The van der Waals surface area contributed by atoms with E-state index in [0.29, 0.717) is 49.4 Å². The third-order valence-electron chi connectivity index (χ3n) is 3.15. The number of rotatable bonds is 4. The summed E-state index contributed by atoms with van der Waals surface area (Å²) in [4.78, 5) is 0. The minimum Gasteiger partial charge on any atom is -0.457 e. The molecule has 3 aromatic rings. The molecule has 0 spiro atoms. The topological polar surface area (TPSA) is 70.5 Å². The van der Waals surface area contributed by atoms with E-state index in [2.05, 4.69) is 0 Å². The summed E-state index contributed by atoms with van der Waals surface area (Å²) in [6.45, 7) is 0. The maximum Gasteiger partial charge on any atom is 0.149 e. The normalized spacial score (nSPS) is 10.5. The van der Waals surface area contributed by atoms with Crippen LogP contribution in [0.15, 0.2) is 54.6 Å². The predicted octanol–water partition coefficient (Wildman–Crippen LogP) is 6.40. The molecule has 0 atom stereocenters. The quantitative estimate of drug-likeness (QED) is 0.502. The van der Waals surface area contributed by atoms with Crippen LogP contribution in [0, 0.1) is 0 Å². The largest absolute Gasteiger partial charge is 0.457 e. The van der Waals surface area contributed by atoms with Gasteiger partial charge in [0.2, 0.25) is 0 Å². The number of hydrogen-bond acceptors (Lipinski definition) is 4. The van der Waals surface area contributed by atoms with Crippen LogP contribution in [-0.4, -0.2) is 0 Å². The van der Waals surface area contributed by atoms with Gasteiger partial charge in [0.15, 0.2) is 0 Å². The predicted molar refractivity (Wildman–Crippen MR) is 103 cm³/mol. The van der Waals surface area contributed by atoms with Gasteiger partial charge >= 0.3 is 0 Å². The summed E-state index contributed by atoms with van der Waals surface area (Å²) in [6, 6.07) is 14.9. The van der Waals surface area contributed by atoms with Crippen LogP contribution in [0.3, 0.4) is 0 Å². The van der Waals surface area contributed by atoms with Gasteiger partial charge in [-0.25, -0.2) is 0 Å². The zero-order valence-corrected chi connectivity index (χ0v) is 15.1. The average Bonchev–Trinajstić information content (AvgIpc) is 2.48. The highest BCUT2D eigenvalue weighted by molar-refractivity contribution is 6.32. The van der Waals surface area contributed by atoms with Gasteiger partial charge in [0.05, 0.1) is 5.02 Å². The molecule has 4 nitrogen and oxygen atoms in total. The van der Waals surface area contributed by atoms with Gasteiger partial charge < -0.3 is 20.9 Å². The molecular formula is C18H13Cl3N2O2. The minimum absolute atomic E-state index is 0.399. The summed E-state index contributed by atoms with van der Waals surface area (Å²) in [6.07, 6.45) is 0. The van der Waals surface area contributed by atoms with Crippen molar-refractivity contribution in [2.45, 2.75) is 0 Å². The Bertz CT molecular complexity index is 892. The smallest absolute Gasteiger partial charge is 0.149 e.